The normalized spacial score (nSPS) is 17.6. The van der Waals surface area contributed by atoms with Gasteiger partial charge in [0, 0.05) is 32.9 Å². The lowest BCUT2D eigenvalue weighted by Gasteiger charge is -2.16. The zero-order valence-electron chi connectivity index (χ0n) is 13.5. The minimum atomic E-state index is 0.0495. The van der Waals surface area contributed by atoms with Gasteiger partial charge < -0.3 is 9.64 Å². The number of hydrogen-bond acceptors (Lipinski definition) is 3. The molecule has 1 aliphatic rings. The fourth-order valence-corrected chi connectivity index (χ4v) is 2.93. The van der Waals surface area contributed by atoms with Gasteiger partial charge in [0.05, 0.1) is 17.9 Å². The quantitative estimate of drug-likeness (QED) is 0.769. The first kappa shape index (κ1) is 15.7. The summed E-state index contributed by atoms with van der Waals surface area (Å²) in [6.07, 6.45) is 6.50. The van der Waals surface area contributed by atoms with Crippen LogP contribution in [0.2, 0.25) is 0 Å². The molecule has 1 atom stereocenters. The number of nitrogens with zero attached hydrogens (tertiary/aromatic N) is 3. The lowest BCUT2D eigenvalue weighted by molar-refractivity contribution is 0.0525. The van der Waals surface area contributed by atoms with E-state index in [4.69, 9.17) is 4.74 Å². The van der Waals surface area contributed by atoms with Crippen LogP contribution in [0.3, 0.4) is 0 Å². The minimum absolute atomic E-state index is 0.0495. The van der Waals surface area contributed by atoms with E-state index in [1.165, 1.54) is 5.56 Å². The number of likely N-dealkylation sites (tertiary alicyclic amines) is 1. The molecule has 1 amide bonds. The monoisotopic (exact) mass is 313 g/mol. The summed E-state index contributed by atoms with van der Waals surface area (Å²) in [5, 5.41) is 4.06. The highest BCUT2D eigenvalue weighted by molar-refractivity contribution is 5.93. The maximum Gasteiger partial charge on any atom is 0.257 e. The summed E-state index contributed by atoms with van der Waals surface area (Å²) in [6.45, 7) is 2.19. The molecule has 0 saturated carbocycles. The molecule has 23 heavy (non-hydrogen) atoms. The first-order chi connectivity index (χ1) is 11.2. The first-order valence-electron chi connectivity index (χ1n) is 8.16. The predicted octanol–water partition coefficient (Wildman–Crippen LogP) is 2.28. The van der Waals surface area contributed by atoms with Crippen LogP contribution in [0.1, 0.15) is 28.8 Å². The SMILES string of the molecule is Cn1cc(C(=O)N2CC[C@@H](OCCCc3ccccc3)C2)cn1. The molecule has 1 fully saturated rings. The summed E-state index contributed by atoms with van der Waals surface area (Å²) in [6, 6.07) is 10.4. The van der Waals surface area contributed by atoms with Crippen molar-refractivity contribution in [1.29, 1.82) is 0 Å². The fraction of sp³-hybridized carbons (Fsp3) is 0.444. The summed E-state index contributed by atoms with van der Waals surface area (Å²) in [5.74, 6) is 0.0495. The Balaban J connectivity index is 1.39. The molecule has 3 rings (SSSR count). The lowest BCUT2D eigenvalue weighted by Crippen LogP contribution is -2.30. The fourth-order valence-electron chi connectivity index (χ4n) is 2.93. The number of benzene rings is 1. The van der Waals surface area contributed by atoms with Gasteiger partial charge >= 0.3 is 0 Å². The topological polar surface area (TPSA) is 47.4 Å². The van der Waals surface area contributed by atoms with Crippen LogP contribution in [-0.4, -0.2) is 46.4 Å². The Kier molecular flexibility index (Phi) is 5.08. The maximum atomic E-state index is 12.3. The van der Waals surface area contributed by atoms with Crippen molar-refractivity contribution in [3.05, 3.63) is 53.9 Å². The molecule has 0 radical (unpaired) electrons. The Morgan fingerprint density at radius 3 is 2.91 bits per heavy atom. The summed E-state index contributed by atoms with van der Waals surface area (Å²) in [4.78, 5) is 14.2. The molecule has 1 aromatic heterocycles. The number of carbonyl (C=O) groups is 1. The molecular formula is C18H23N3O2. The predicted molar refractivity (Wildman–Crippen MR) is 88.2 cm³/mol. The molecule has 1 saturated heterocycles. The van der Waals surface area contributed by atoms with Gasteiger partial charge in [0.2, 0.25) is 0 Å². The van der Waals surface area contributed by atoms with E-state index in [1.54, 1.807) is 17.1 Å². The van der Waals surface area contributed by atoms with Gasteiger partial charge in [0.15, 0.2) is 0 Å². The number of ether oxygens (including phenoxy) is 1. The molecule has 0 unspecified atom stereocenters. The van der Waals surface area contributed by atoms with E-state index in [1.807, 2.05) is 18.0 Å². The molecule has 2 heterocycles. The van der Waals surface area contributed by atoms with Crippen molar-refractivity contribution in [2.45, 2.75) is 25.4 Å². The summed E-state index contributed by atoms with van der Waals surface area (Å²) in [5.41, 5.74) is 1.99. The van der Waals surface area contributed by atoms with Crippen molar-refractivity contribution in [3.63, 3.8) is 0 Å². The van der Waals surface area contributed by atoms with Crippen LogP contribution >= 0.6 is 0 Å². The van der Waals surface area contributed by atoms with Crippen LogP contribution in [-0.2, 0) is 18.2 Å². The van der Waals surface area contributed by atoms with Crippen LogP contribution in [0.5, 0.6) is 0 Å². The molecule has 2 aromatic rings. The Morgan fingerprint density at radius 1 is 1.35 bits per heavy atom. The van der Waals surface area contributed by atoms with Gasteiger partial charge in [-0.05, 0) is 24.8 Å². The molecule has 0 spiro atoms. The summed E-state index contributed by atoms with van der Waals surface area (Å²) < 4.78 is 7.59. The molecule has 5 nitrogen and oxygen atoms in total. The largest absolute Gasteiger partial charge is 0.376 e. The molecule has 0 bridgehead atoms. The number of aryl methyl sites for hydroxylation is 2. The zero-order valence-corrected chi connectivity index (χ0v) is 13.5. The molecular weight excluding hydrogens is 290 g/mol. The summed E-state index contributed by atoms with van der Waals surface area (Å²) >= 11 is 0. The van der Waals surface area contributed by atoms with Gasteiger partial charge in [-0.25, -0.2) is 0 Å². The number of aromatic nitrogens is 2. The van der Waals surface area contributed by atoms with Crippen molar-refractivity contribution < 1.29 is 9.53 Å². The van der Waals surface area contributed by atoms with Crippen molar-refractivity contribution in [1.82, 2.24) is 14.7 Å². The van der Waals surface area contributed by atoms with Crippen molar-refractivity contribution in [3.8, 4) is 0 Å². The summed E-state index contributed by atoms with van der Waals surface area (Å²) in [7, 11) is 1.82. The molecule has 122 valence electrons. The molecule has 5 heteroatoms. The van der Waals surface area contributed by atoms with E-state index in [0.717, 1.165) is 32.4 Å². The van der Waals surface area contributed by atoms with Crippen molar-refractivity contribution >= 4 is 5.91 Å². The van der Waals surface area contributed by atoms with Crippen molar-refractivity contribution in [2.75, 3.05) is 19.7 Å². The standard InChI is InChI=1S/C18H23N3O2/c1-20-13-16(12-19-20)18(22)21-10-9-17(14-21)23-11-5-8-15-6-3-2-4-7-15/h2-4,6-7,12-13,17H,5,8-11,14H2,1H3/t17-/m1/s1. The lowest BCUT2D eigenvalue weighted by atomic mass is 10.1. The third kappa shape index (κ3) is 4.20. The minimum Gasteiger partial charge on any atom is -0.376 e. The maximum absolute atomic E-state index is 12.3. The second-order valence-corrected chi connectivity index (χ2v) is 6.02. The third-order valence-electron chi connectivity index (χ3n) is 4.19. The zero-order chi connectivity index (χ0) is 16.1. The highest BCUT2D eigenvalue weighted by atomic mass is 16.5. The smallest absolute Gasteiger partial charge is 0.257 e. The van der Waals surface area contributed by atoms with Gasteiger partial charge in [-0.1, -0.05) is 30.3 Å². The Labute approximate surface area is 136 Å². The van der Waals surface area contributed by atoms with Crippen LogP contribution in [0.15, 0.2) is 42.7 Å². The van der Waals surface area contributed by atoms with Crippen LogP contribution in [0.4, 0.5) is 0 Å². The first-order valence-corrected chi connectivity index (χ1v) is 8.16. The average Bonchev–Trinajstić information content (AvgIpc) is 3.21. The number of carbonyl (C=O) groups excluding carboxylic acids is 1. The number of hydrogen-bond donors (Lipinski definition) is 0. The molecule has 0 N–H and O–H groups in total. The van der Waals surface area contributed by atoms with Crippen LogP contribution in [0.25, 0.3) is 0 Å². The van der Waals surface area contributed by atoms with E-state index >= 15 is 0 Å². The van der Waals surface area contributed by atoms with Crippen molar-refractivity contribution in [2.24, 2.45) is 7.05 Å². The van der Waals surface area contributed by atoms with Crippen LogP contribution < -0.4 is 0 Å². The van der Waals surface area contributed by atoms with E-state index in [2.05, 4.69) is 29.4 Å². The third-order valence-corrected chi connectivity index (χ3v) is 4.19. The number of amides is 1. The van der Waals surface area contributed by atoms with E-state index in [9.17, 15) is 4.79 Å². The van der Waals surface area contributed by atoms with Gasteiger partial charge in [0.1, 0.15) is 0 Å². The molecule has 1 aromatic carbocycles. The highest BCUT2D eigenvalue weighted by Crippen LogP contribution is 2.16. The molecule has 1 aliphatic heterocycles. The number of rotatable bonds is 6. The Hall–Kier alpha value is -2.14. The van der Waals surface area contributed by atoms with Crippen LogP contribution in [0, 0.1) is 0 Å². The van der Waals surface area contributed by atoms with E-state index in [0.29, 0.717) is 12.1 Å². The highest BCUT2D eigenvalue weighted by Gasteiger charge is 2.27. The Morgan fingerprint density at radius 2 is 2.17 bits per heavy atom. The second-order valence-electron chi connectivity index (χ2n) is 6.02. The van der Waals surface area contributed by atoms with E-state index in [-0.39, 0.29) is 12.0 Å². The van der Waals surface area contributed by atoms with Gasteiger partial charge in [0.25, 0.3) is 5.91 Å². The molecule has 0 aliphatic carbocycles. The van der Waals surface area contributed by atoms with E-state index < -0.39 is 0 Å². The van der Waals surface area contributed by atoms with Gasteiger partial charge in [-0.15, -0.1) is 0 Å². The van der Waals surface area contributed by atoms with Gasteiger partial charge in [-0.2, -0.15) is 5.10 Å². The Bertz CT molecular complexity index is 639. The average molecular weight is 313 g/mol. The second kappa shape index (κ2) is 7.42. The van der Waals surface area contributed by atoms with Gasteiger partial charge in [-0.3, -0.25) is 9.48 Å².